The highest BCUT2D eigenvalue weighted by Gasteiger charge is 2.13. The van der Waals surface area contributed by atoms with Gasteiger partial charge in [0.05, 0.1) is 24.7 Å². The molecule has 0 bridgehead atoms. The average molecular weight is 221 g/mol. The molecule has 84 valence electrons. The summed E-state index contributed by atoms with van der Waals surface area (Å²) in [5.41, 5.74) is 7.83. The minimum Gasteiger partial charge on any atom is -0.496 e. The number of aromatic amines is 1. The molecule has 0 aliphatic rings. The minimum atomic E-state index is -0.301. The maximum absolute atomic E-state index is 13.5. The van der Waals surface area contributed by atoms with Crippen molar-refractivity contribution in [3.63, 3.8) is 0 Å². The molecule has 4 nitrogen and oxygen atoms in total. The maximum Gasteiger partial charge on any atom is 0.128 e. The van der Waals surface area contributed by atoms with E-state index in [4.69, 9.17) is 10.5 Å². The zero-order chi connectivity index (χ0) is 11.7. The summed E-state index contributed by atoms with van der Waals surface area (Å²) in [5, 5.41) is 6.52. The number of hydrogen-bond acceptors (Lipinski definition) is 3. The van der Waals surface area contributed by atoms with Gasteiger partial charge in [-0.3, -0.25) is 5.10 Å². The number of aryl methyl sites for hydroxylation is 1. The molecule has 3 N–H and O–H groups in total. The lowest BCUT2D eigenvalue weighted by Gasteiger charge is -2.09. The lowest BCUT2D eigenvalue weighted by Crippen LogP contribution is -1.94. The minimum absolute atomic E-state index is 0.301. The van der Waals surface area contributed by atoms with Crippen LogP contribution in [0.25, 0.3) is 11.3 Å². The largest absolute Gasteiger partial charge is 0.496 e. The predicted octanol–water partition coefficient (Wildman–Crippen LogP) is 2.12. The number of benzene rings is 1. The number of H-pyrrole nitrogens is 1. The molecule has 5 heteroatoms. The Kier molecular flexibility index (Phi) is 2.52. The monoisotopic (exact) mass is 221 g/mol. The van der Waals surface area contributed by atoms with Gasteiger partial charge in [0.1, 0.15) is 11.6 Å². The van der Waals surface area contributed by atoms with Crippen LogP contribution < -0.4 is 10.5 Å². The Bertz CT molecular complexity index is 522. The predicted molar refractivity (Wildman–Crippen MR) is 59.7 cm³/mol. The van der Waals surface area contributed by atoms with Gasteiger partial charge >= 0.3 is 0 Å². The first kappa shape index (κ1) is 10.5. The van der Waals surface area contributed by atoms with E-state index in [1.54, 1.807) is 13.0 Å². The third kappa shape index (κ3) is 1.60. The van der Waals surface area contributed by atoms with Crippen LogP contribution >= 0.6 is 0 Å². The number of hydrogen-bond donors (Lipinski definition) is 2. The summed E-state index contributed by atoms with van der Waals surface area (Å²) < 4.78 is 18.7. The molecule has 0 saturated carbocycles. The number of rotatable bonds is 2. The highest BCUT2D eigenvalue weighted by Crippen LogP contribution is 2.33. The van der Waals surface area contributed by atoms with Gasteiger partial charge in [0.2, 0.25) is 0 Å². The summed E-state index contributed by atoms with van der Waals surface area (Å²) in [4.78, 5) is 0. The van der Waals surface area contributed by atoms with E-state index >= 15 is 0 Å². The number of anilines is 1. The third-order valence-electron chi connectivity index (χ3n) is 2.42. The molecule has 1 aromatic heterocycles. The topological polar surface area (TPSA) is 63.9 Å². The number of ether oxygens (including phenoxy) is 1. The molecule has 1 aromatic carbocycles. The number of nitrogens with one attached hydrogen (secondary N) is 1. The lowest BCUT2D eigenvalue weighted by atomic mass is 10.1. The van der Waals surface area contributed by atoms with Crippen molar-refractivity contribution in [2.24, 2.45) is 0 Å². The standard InChI is InChI=1S/C11H12FN3O/c1-6-3-10(16-2)7(4-8(6)12)11-9(13)5-14-15-11/h3-5H,13H2,1-2H3,(H,14,15). The molecule has 16 heavy (non-hydrogen) atoms. The van der Waals surface area contributed by atoms with Crippen LogP contribution in [0.15, 0.2) is 18.3 Å². The molecule has 0 saturated heterocycles. The van der Waals surface area contributed by atoms with Crippen LogP contribution in [-0.2, 0) is 0 Å². The molecule has 2 rings (SSSR count). The number of halogens is 1. The number of aromatic nitrogens is 2. The van der Waals surface area contributed by atoms with Crippen molar-refractivity contribution in [2.75, 3.05) is 12.8 Å². The maximum atomic E-state index is 13.5. The molecular weight excluding hydrogens is 209 g/mol. The van der Waals surface area contributed by atoms with Crippen molar-refractivity contribution in [1.82, 2.24) is 10.2 Å². The first-order valence-corrected chi connectivity index (χ1v) is 4.77. The van der Waals surface area contributed by atoms with Gasteiger partial charge < -0.3 is 10.5 Å². The lowest BCUT2D eigenvalue weighted by molar-refractivity contribution is 0.414. The molecule has 0 unspecified atom stereocenters. The Morgan fingerprint density at radius 1 is 1.44 bits per heavy atom. The highest BCUT2D eigenvalue weighted by atomic mass is 19.1. The normalized spacial score (nSPS) is 10.4. The summed E-state index contributed by atoms with van der Waals surface area (Å²) in [6, 6.07) is 3.02. The van der Waals surface area contributed by atoms with Crippen molar-refractivity contribution in [3.05, 3.63) is 29.7 Å². The van der Waals surface area contributed by atoms with E-state index in [9.17, 15) is 4.39 Å². The van der Waals surface area contributed by atoms with E-state index in [2.05, 4.69) is 10.2 Å². The SMILES string of the molecule is COc1cc(C)c(F)cc1-c1[nH]ncc1N. The number of methoxy groups -OCH3 is 1. The van der Waals surface area contributed by atoms with Gasteiger partial charge in [-0.25, -0.2) is 4.39 Å². The number of nitrogens with two attached hydrogens (primary N) is 1. The molecule has 0 atom stereocenters. The van der Waals surface area contributed by atoms with Gasteiger partial charge in [-0.2, -0.15) is 5.10 Å². The van der Waals surface area contributed by atoms with Gasteiger partial charge in [0.15, 0.2) is 0 Å². The van der Waals surface area contributed by atoms with Crippen LogP contribution in [0.2, 0.25) is 0 Å². The van der Waals surface area contributed by atoms with E-state index in [0.29, 0.717) is 28.3 Å². The van der Waals surface area contributed by atoms with Crippen LogP contribution in [0.3, 0.4) is 0 Å². The molecule has 0 amide bonds. The van der Waals surface area contributed by atoms with Crippen LogP contribution in [0.5, 0.6) is 5.75 Å². The second-order valence-corrected chi connectivity index (χ2v) is 3.50. The van der Waals surface area contributed by atoms with E-state index in [0.717, 1.165) is 0 Å². The first-order chi connectivity index (χ1) is 7.63. The van der Waals surface area contributed by atoms with E-state index < -0.39 is 0 Å². The van der Waals surface area contributed by atoms with Crippen LogP contribution in [0, 0.1) is 12.7 Å². The Morgan fingerprint density at radius 3 is 2.75 bits per heavy atom. The molecule has 0 fully saturated rings. The second-order valence-electron chi connectivity index (χ2n) is 3.50. The summed E-state index contributed by atoms with van der Waals surface area (Å²) >= 11 is 0. The Hall–Kier alpha value is -2.04. The van der Waals surface area contributed by atoms with Crippen molar-refractivity contribution in [1.29, 1.82) is 0 Å². The molecule has 0 aliphatic carbocycles. The van der Waals surface area contributed by atoms with Gasteiger partial charge in [-0.05, 0) is 24.6 Å². The Balaban J connectivity index is 2.64. The summed E-state index contributed by atoms with van der Waals surface area (Å²) in [5.74, 6) is 0.264. The molecule has 0 radical (unpaired) electrons. The molecule has 0 aliphatic heterocycles. The average Bonchev–Trinajstić information content (AvgIpc) is 2.68. The third-order valence-corrected chi connectivity index (χ3v) is 2.42. The van der Waals surface area contributed by atoms with E-state index in [-0.39, 0.29) is 5.82 Å². The number of nitrogens with zero attached hydrogens (tertiary/aromatic N) is 1. The van der Waals surface area contributed by atoms with Gasteiger partial charge in [0.25, 0.3) is 0 Å². The zero-order valence-corrected chi connectivity index (χ0v) is 9.04. The van der Waals surface area contributed by atoms with E-state index in [1.165, 1.54) is 19.4 Å². The zero-order valence-electron chi connectivity index (χ0n) is 9.04. The Labute approximate surface area is 92.2 Å². The highest BCUT2D eigenvalue weighted by molar-refractivity contribution is 5.77. The fourth-order valence-corrected chi connectivity index (χ4v) is 1.53. The molecule has 0 spiro atoms. The van der Waals surface area contributed by atoms with Crippen molar-refractivity contribution >= 4 is 5.69 Å². The number of nitrogen functional groups attached to an aromatic ring is 1. The van der Waals surface area contributed by atoms with Gasteiger partial charge in [-0.1, -0.05) is 0 Å². The van der Waals surface area contributed by atoms with Crippen LogP contribution in [-0.4, -0.2) is 17.3 Å². The molecular formula is C11H12FN3O. The summed E-state index contributed by atoms with van der Waals surface area (Å²) in [6.07, 6.45) is 1.48. The summed E-state index contributed by atoms with van der Waals surface area (Å²) in [7, 11) is 1.53. The Morgan fingerprint density at radius 2 is 2.19 bits per heavy atom. The molecule has 2 aromatic rings. The summed E-state index contributed by atoms with van der Waals surface area (Å²) in [6.45, 7) is 1.68. The second kappa shape index (κ2) is 3.84. The van der Waals surface area contributed by atoms with Crippen LogP contribution in [0.1, 0.15) is 5.56 Å². The smallest absolute Gasteiger partial charge is 0.128 e. The van der Waals surface area contributed by atoms with Crippen molar-refractivity contribution < 1.29 is 9.13 Å². The van der Waals surface area contributed by atoms with Crippen LogP contribution in [0.4, 0.5) is 10.1 Å². The first-order valence-electron chi connectivity index (χ1n) is 4.77. The van der Waals surface area contributed by atoms with E-state index in [1.807, 2.05) is 0 Å². The fraction of sp³-hybridized carbons (Fsp3) is 0.182. The van der Waals surface area contributed by atoms with Gasteiger partial charge in [0, 0.05) is 5.56 Å². The quantitative estimate of drug-likeness (QED) is 0.816. The van der Waals surface area contributed by atoms with Crippen molar-refractivity contribution in [3.8, 4) is 17.0 Å². The van der Waals surface area contributed by atoms with Crippen molar-refractivity contribution in [2.45, 2.75) is 6.92 Å². The van der Waals surface area contributed by atoms with Gasteiger partial charge in [-0.15, -0.1) is 0 Å². The molecule has 1 heterocycles. The fourth-order valence-electron chi connectivity index (χ4n) is 1.53.